The van der Waals surface area contributed by atoms with Gasteiger partial charge in [-0.3, -0.25) is 14.4 Å². The Labute approximate surface area is 403 Å². The molecule has 0 saturated heterocycles. The molecule has 65 heavy (non-hydrogen) atoms. The Hall–Kier alpha value is -2.21. The van der Waals surface area contributed by atoms with E-state index in [9.17, 15) is 19.5 Å². The molecule has 0 bridgehead atoms. The summed E-state index contributed by atoms with van der Waals surface area (Å²) in [6, 6.07) is 0. The molecule has 1 atom stereocenters. The maximum Gasteiger partial charge on any atom is 0.305 e. The van der Waals surface area contributed by atoms with Crippen LogP contribution in [0.15, 0.2) is 36.5 Å². The number of rotatable bonds is 52. The van der Waals surface area contributed by atoms with Crippen molar-refractivity contribution >= 4 is 17.7 Å². The van der Waals surface area contributed by atoms with E-state index >= 15 is 0 Å². The van der Waals surface area contributed by atoms with Gasteiger partial charge in [-0.15, -0.1) is 0 Å². The van der Waals surface area contributed by atoms with Gasteiger partial charge in [0.15, 0.2) is 0 Å². The number of carbonyl (C=O) groups excluding carboxylic acids is 3. The number of ether oxygens (including phenoxy) is 2. The zero-order chi connectivity index (χ0) is 47.4. The van der Waals surface area contributed by atoms with Gasteiger partial charge >= 0.3 is 11.9 Å². The average Bonchev–Trinajstić information content (AvgIpc) is 3.31. The van der Waals surface area contributed by atoms with Crippen LogP contribution in [0.1, 0.15) is 297 Å². The number of carbonyl (C=O) groups is 3. The molecule has 0 aromatic heterocycles. The van der Waals surface area contributed by atoms with Crippen LogP contribution in [-0.2, 0) is 23.9 Å². The zero-order valence-corrected chi connectivity index (χ0v) is 43.5. The molecule has 1 N–H and O–H groups in total. The van der Waals surface area contributed by atoms with Gasteiger partial charge in [0.2, 0.25) is 0 Å². The van der Waals surface area contributed by atoms with Gasteiger partial charge in [0.05, 0.1) is 12.0 Å². The second kappa shape index (κ2) is 51.2. The van der Waals surface area contributed by atoms with Crippen LogP contribution in [0.5, 0.6) is 0 Å². The molecule has 0 fully saturated rings. The fourth-order valence-electron chi connectivity index (χ4n) is 8.48. The van der Waals surface area contributed by atoms with Crippen LogP contribution >= 0.6 is 0 Å². The largest absolute Gasteiger partial charge is 0.465 e. The third-order valence-electron chi connectivity index (χ3n) is 13.0. The normalized spacial score (nSPS) is 12.8. The van der Waals surface area contributed by atoms with Crippen molar-refractivity contribution < 1.29 is 29.0 Å². The molecule has 0 aromatic carbocycles. The van der Waals surface area contributed by atoms with Crippen molar-refractivity contribution in [3.63, 3.8) is 0 Å². The van der Waals surface area contributed by atoms with E-state index in [2.05, 4.69) is 57.2 Å². The maximum absolute atomic E-state index is 13.3. The quantitative estimate of drug-likeness (QED) is 0.0371. The molecule has 6 nitrogen and oxygen atoms in total. The van der Waals surface area contributed by atoms with Crippen molar-refractivity contribution in [2.24, 2.45) is 5.41 Å². The zero-order valence-electron chi connectivity index (χ0n) is 43.5. The Morgan fingerprint density at radius 3 is 0.877 bits per heavy atom. The molecule has 0 amide bonds. The molecule has 0 aliphatic heterocycles. The summed E-state index contributed by atoms with van der Waals surface area (Å²) in [6.45, 7) is 6.16. The van der Waals surface area contributed by atoms with Crippen LogP contribution in [0.3, 0.4) is 0 Å². The Kier molecular flexibility index (Phi) is 49.4. The Morgan fingerprint density at radius 1 is 0.354 bits per heavy atom. The molecule has 380 valence electrons. The minimum Gasteiger partial charge on any atom is -0.465 e. The first-order chi connectivity index (χ1) is 31.9. The van der Waals surface area contributed by atoms with Gasteiger partial charge in [0.25, 0.3) is 0 Å². The summed E-state index contributed by atoms with van der Waals surface area (Å²) in [5, 5.41) is 10.6. The number of hydrogen-bond donors (Lipinski definition) is 1. The van der Waals surface area contributed by atoms with Gasteiger partial charge in [-0.05, 0) is 96.3 Å². The summed E-state index contributed by atoms with van der Waals surface area (Å²) in [6.07, 6.45) is 61.8. The number of aliphatic hydroxyl groups is 1. The monoisotopic (exact) mass is 913 g/mol. The molecule has 0 aliphatic carbocycles. The lowest BCUT2D eigenvalue weighted by Crippen LogP contribution is -2.40. The Bertz CT molecular complexity index is 1070. The number of ketones is 1. The summed E-state index contributed by atoms with van der Waals surface area (Å²) in [7, 11) is 0. The van der Waals surface area contributed by atoms with E-state index in [-0.39, 0.29) is 44.0 Å². The first kappa shape index (κ1) is 62.8. The van der Waals surface area contributed by atoms with E-state index < -0.39 is 5.41 Å². The highest BCUT2D eigenvalue weighted by Gasteiger charge is 2.35. The van der Waals surface area contributed by atoms with E-state index in [4.69, 9.17) is 9.47 Å². The van der Waals surface area contributed by atoms with Crippen LogP contribution in [0.2, 0.25) is 0 Å². The summed E-state index contributed by atoms with van der Waals surface area (Å²) >= 11 is 0. The number of unbranched alkanes of at least 4 members (excludes halogenated alkanes) is 33. The molecular weight excluding hydrogens is 805 g/mol. The minimum absolute atomic E-state index is 0.0262. The Balaban J connectivity index is 4.64. The van der Waals surface area contributed by atoms with E-state index in [0.717, 1.165) is 96.3 Å². The highest BCUT2D eigenvalue weighted by atomic mass is 16.5. The lowest BCUT2D eigenvalue weighted by Gasteiger charge is -2.30. The molecule has 0 rings (SSSR count). The molecule has 0 radical (unpaired) electrons. The van der Waals surface area contributed by atoms with E-state index in [0.29, 0.717) is 19.3 Å². The summed E-state index contributed by atoms with van der Waals surface area (Å²) < 4.78 is 11.4. The first-order valence-corrected chi connectivity index (χ1v) is 28.3. The lowest BCUT2D eigenvalue weighted by atomic mass is 9.84. The molecule has 0 saturated carbocycles. The van der Waals surface area contributed by atoms with Crippen LogP contribution in [0, 0.1) is 5.41 Å². The third kappa shape index (κ3) is 46.7. The van der Waals surface area contributed by atoms with Crippen LogP contribution < -0.4 is 0 Å². The number of esters is 2. The van der Waals surface area contributed by atoms with Crippen molar-refractivity contribution in [2.45, 2.75) is 297 Å². The number of allylic oxidation sites excluding steroid dienone is 6. The van der Waals surface area contributed by atoms with E-state index in [1.54, 1.807) is 0 Å². The predicted molar refractivity (Wildman–Crippen MR) is 279 cm³/mol. The van der Waals surface area contributed by atoms with Crippen molar-refractivity contribution in [1.29, 1.82) is 0 Å². The fraction of sp³-hybridized carbons (Fsp3) is 0.847. The fourth-order valence-corrected chi connectivity index (χ4v) is 8.48. The second-order valence-corrected chi connectivity index (χ2v) is 19.7. The van der Waals surface area contributed by atoms with Crippen LogP contribution in [0.4, 0.5) is 0 Å². The van der Waals surface area contributed by atoms with Gasteiger partial charge in [-0.25, -0.2) is 0 Å². The molecule has 0 heterocycles. The second-order valence-electron chi connectivity index (χ2n) is 19.7. The molecule has 1 unspecified atom stereocenters. The van der Waals surface area contributed by atoms with Crippen molar-refractivity contribution in [2.75, 3.05) is 19.8 Å². The van der Waals surface area contributed by atoms with Gasteiger partial charge in [-0.2, -0.15) is 0 Å². The molecule has 0 aromatic rings. The third-order valence-corrected chi connectivity index (χ3v) is 13.0. The maximum atomic E-state index is 13.3. The molecule has 0 spiro atoms. The van der Waals surface area contributed by atoms with E-state index in [1.807, 2.05) is 0 Å². The van der Waals surface area contributed by atoms with Crippen molar-refractivity contribution in [3.8, 4) is 0 Å². The topological polar surface area (TPSA) is 89.9 Å². The molecule has 0 aliphatic rings. The average molecular weight is 914 g/mol. The minimum atomic E-state index is -1.12. The first-order valence-electron chi connectivity index (χ1n) is 28.3. The van der Waals surface area contributed by atoms with Crippen molar-refractivity contribution in [3.05, 3.63) is 36.5 Å². The lowest BCUT2D eigenvalue weighted by molar-refractivity contribution is -0.158. The SMILES string of the molecule is CCCCCCCC/C=C\CCCCCCCC(=O)OCC(CO)(COC(=O)CCCCCCC/C=C/CCCCCCCC)CC(=O)CCCCCCC/C=C/CCCCCCCC. The van der Waals surface area contributed by atoms with Crippen molar-refractivity contribution in [1.82, 2.24) is 0 Å². The molecular formula is C59H108O6. The molecule has 6 heteroatoms. The van der Waals surface area contributed by atoms with Gasteiger partial charge < -0.3 is 14.6 Å². The van der Waals surface area contributed by atoms with Gasteiger partial charge in [0, 0.05) is 25.7 Å². The van der Waals surface area contributed by atoms with E-state index in [1.165, 1.54) is 154 Å². The summed E-state index contributed by atoms with van der Waals surface area (Å²) in [5.41, 5.74) is -1.12. The predicted octanol–water partition coefficient (Wildman–Crippen LogP) is 18.1. The van der Waals surface area contributed by atoms with Gasteiger partial charge in [-0.1, -0.05) is 211 Å². The van der Waals surface area contributed by atoms with Gasteiger partial charge in [0.1, 0.15) is 19.0 Å². The summed E-state index contributed by atoms with van der Waals surface area (Å²) in [4.78, 5) is 39.0. The highest BCUT2D eigenvalue weighted by Crippen LogP contribution is 2.26. The standard InChI is InChI=1S/C59H108O6/c1-4-7-10-13-16-19-22-25-28-31-34-37-40-43-46-49-56(61)52-59(53-60,54-64-57(62)50-47-44-41-38-35-32-29-26-23-20-17-14-11-8-5-2)55-65-58(63)51-48-45-42-39-36-33-30-27-24-21-18-15-12-9-6-3/h25-30,60H,4-24,31-55H2,1-3H3/b28-25+,29-26-,30-27+. The number of Topliss-reactive ketones (excluding diaryl/α,β-unsaturated/α-hetero) is 1. The number of hydrogen-bond acceptors (Lipinski definition) is 6. The van der Waals surface area contributed by atoms with Crippen LogP contribution in [0.25, 0.3) is 0 Å². The highest BCUT2D eigenvalue weighted by molar-refractivity contribution is 5.79. The Morgan fingerprint density at radius 2 is 0.600 bits per heavy atom. The van der Waals surface area contributed by atoms with Crippen LogP contribution in [-0.4, -0.2) is 42.6 Å². The number of aliphatic hydroxyl groups excluding tert-OH is 1. The smallest absolute Gasteiger partial charge is 0.305 e. The summed E-state index contributed by atoms with van der Waals surface area (Å²) in [5.74, 6) is -0.604.